The second-order valence-corrected chi connectivity index (χ2v) is 11.1. The molecule has 0 heterocycles. The Morgan fingerprint density at radius 3 is 2.42 bits per heavy atom. The van der Waals surface area contributed by atoms with E-state index in [1.807, 2.05) is 13.8 Å². The molecule has 0 radical (unpaired) electrons. The van der Waals surface area contributed by atoms with Gasteiger partial charge in [0, 0.05) is 30.1 Å². The molecule has 31 heavy (non-hydrogen) atoms. The maximum Gasteiger partial charge on any atom is 0.302 e. The first kappa shape index (κ1) is 22.7. The molecular formula is C24H36O7. The smallest absolute Gasteiger partial charge is 0.302 e. The van der Waals surface area contributed by atoms with Crippen LogP contribution < -0.4 is 0 Å². The lowest BCUT2D eigenvalue weighted by atomic mass is 9.33. The second kappa shape index (κ2) is 7.03. The van der Waals surface area contributed by atoms with Crippen LogP contribution in [0.1, 0.15) is 66.2 Å². The van der Waals surface area contributed by atoms with Gasteiger partial charge in [-0.2, -0.15) is 0 Å². The average molecular weight is 437 g/mol. The quantitative estimate of drug-likeness (QED) is 0.459. The number of carbonyl (C=O) groups excluding carboxylic acids is 2. The van der Waals surface area contributed by atoms with E-state index in [-0.39, 0.29) is 36.9 Å². The van der Waals surface area contributed by atoms with Crippen molar-refractivity contribution in [2.24, 2.45) is 28.1 Å². The van der Waals surface area contributed by atoms with Gasteiger partial charge in [-0.25, -0.2) is 0 Å². The van der Waals surface area contributed by atoms with E-state index < -0.39 is 40.0 Å². The normalized spacial score (nSPS) is 50.9. The van der Waals surface area contributed by atoms with Crippen LogP contribution in [0.3, 0.4) is 0 Å². The summed E-state index contributed by atoms with van der Waals surface area (Å²) in [6.07, 6.45) is 0.693. The molecule has 5 rings (SSSR count). The van der Waals surface area contributed by atoms with Crippen molar-refractivity contribution in [3.05, 3.63) is 12.2 Å². The highest BCUT2D eigenvalue weighted by Gasteiger charge is 2.78. The highest BCUT2D eigenvalue weighted by atomic mass is 16.5. The van der Waals surface area contributed by atoms with Gasteiger partial charge in [-0.05, 0) is 50.4 Å². The van der Waals surface area contributed by atoms with Crippen molar-refractivity contribution < 1.29 is 34.4 Å². The lowest BCUT2D eigenvalue weighted by Gasteiger charge is -2.74. The average Bonchev–Trinajstić information content (AvgIpc) is 2.67. The molecule has 5 aliphatic rings. The maximum absolute atomic E-state index is 12.3. The summed E-state index contributed by atoms with van der Waals surface area (Å²) in [6, 6.07) is 0. The van der Waals surface area contributed by atoms with Gasteiger partial charge >= 0.3 is 11.9 Å². The van der Waals surface area contributed by atoms with Gasteiger partial charge in [-0.1, -0.05) is 26.0 Å². The molecule has 0 amide bonds. The molecule has 5 saturated carbocycles. The lowest BCUT2D eigenvalue weighted by Crippen LogP contribution is -2.80. The van der Waals surface area contributed by atoms with Gasteiger partial charge in [0.1, 0.15) is 11.7 Å². The molecule has 0 saturated heterocycles. The Hall–Kier alpha value is -1.44. The maximum atomic E-state index is 12.3. The summed E-state index contributed by atoms with van der Waals surface area (Å²) in [5.41, 5.74) is -3.14. The van der Waals surface area contributed by atoms with E-state index in [9.17, 15) is 24.9 Å². The van der Waals surface area contributed by atoms with Gasteiger partial charge in [-0.15, -0.1) is 0 Å². The third-order valence-corrected chi connectivity index (χ3v) is 9.57. The summed E-state index contributed by atoms with van der Waals surface area (Å²) in [6.45, 7) is 10.7. The number of aliphatic hydroxyl groups excluding tert-OH is 2. The number of esters is 2. The van der Waals surface area contributed by atoms with Gasteiger partial charge in [0.05, 0.1) is 18.8 Å². The van der Waals surface area contributed by atoms with Crippen LogP contribution in [-0.4, -0.2) is 57.8 Å². The molecule has 0 aromatic carbocycles. The lowest BCUT2D eigenvalue weighted by molar-refractivity contribution is -0.352. The van der Waals surface area contributed by atoms with Gasteiger partial charge in [0.25, 0.3) is 0 Å². The molecule has 7 heteroatoms. The molecule has 5 fully saturated rings. The van der Waals surface area contributed by atoms with E-state index in [0.29, 0.717) is 25.7 Å². The van der Waals surface area contributed by atoms with E-state index in [1.165, 1.54) is 13.8 Å². The fourth-order valence-electron chi connectivity index (χ4n) is 8.08. The molecular weight excluding hydrogens is 400 g/mol. The summed E-state index contributed by atoms with van der Waals surface area (Å²) in [5, 5.41) is 35.2. The number of allylic oxidation sites excluding steroid dienone is 1. The van der Waals surface area contributed by atoms with Crippen molar-refractivity contribution >= 4 is 11.9 Å². The predicted octanol–water partition coefficient (Wildman–Crippen LogP) is 2.12. The molecule has 2 bridgehead atoms. The minimum atomic E-state index is -1.66. The number of rotatable bonds is 3. The zero-order chi connectivity index (χ0) is 23.0. The standard InChI is InChI=1S/C24H36O7/c1-13-10-23-11-19(28)24(29)21(4,12-30-14(2)25)7-6-18(27)22(24,5)17(23)8-16(13)9-20(23)31-15(3)26/h16-20,27-29H,1,6-12H2,2-5H3. The largest absolute Gasteiger partial charge is 0.465 e. The van der Waals surface area contributed by atoms with Crippen LogP contribution in [0.5, 0.6) is 0 Å². The summed E-state index contributed by atoms with van der Waals surface area (Å²) in [7, 11) is 0. The number of ether oxygens (including phenoxy) is 2. The van der Waals surface area contributed by atoms with Crippen molar-refractivity contribution in [2.45, 2.75) is 90.1 Å². The van der Waals surface area contributed by atoms with E-state index >= 15 is 0 Å². The Labute approximate surface area is 183 Å². The zero-order valence-electron chi connectivity index (χ0n) is 19.0. The van der Waals surface area contributed by atoms with Crippen LogP contribution in [0.25, 0.3) is 0 Å². The summed E-state index contributed by atoms with van der Waals surface area (Å²) in [4.78, 5) is 23.5. The van der Waals surface area contributed by atoms with Crippen LogP contribution in [0, 0.1) is 28.1 Å². The summed E-state index contributed by atoms with van der Waals surface area (Å²) in [5.74, 6) is -0.835. The summed E-state index contributed by atoms with van der Waals surface area (Å²) >= 11 is 0. The van der Waals surface area contributed by atoms with Crippen LogP contribution >= 0.6 is 0 Å². The van der Waals surface area contributed by atoms with Gasteiger partial charge in [0.15, 0.2) is 0 Å². The number of hydrogen-bond donors (Lipinski definition) is 3. The minimum Gasteiger partial charge on any atom is -0.465 e. The molecule has 0 aromatic heterocycles. The van der Waals surface area contributed by atoms with Crippen molar-refractivity contribution in [1.29, 1.82) is 0 Å². The Morgan fingerprint density at radius 2 is 1.81 bits per heavy atom. The van der Waals surface area contributed by atoms with Gasteiger partial charge < -0.3 is 24.8 Å². The Bertz CT molecular complexity index is 810. The first-order valence-corrected chi connectivity index (χ1v) is 11.4. The van der Waals surface area contributed by atoms with Crippen LogP contribution in [-0.2, 0) is 19.1 Å². The number of aliphatic hydroxyl groups is 3. The molecule has 5 aliphatic carbocycles. The van der Waals surface area contributed by atoms with E-state index in [0.717, 1.165) is 12.0 Å². The molecule has 174 valence electrons. The topological polar surface area (TPSA) is 113 Å². The Balaban J connectivity index is 1.84. The van der Waals surface area contributed by atoms with Crippen LogP contribution in [0.4, 0.5) is 0 Å². The van der Waals surface area contributed by atoms with Crippen molar-refractivity contribution in [2.75, 3.05) is 6.61 Å². The molecule has 9 unspecified atom stereocenters. The third kappa shape index (κ3) is 2.82. The number of carbonyl (C=O) groups is 2. The first-order chi connectivity index (χ1) is 14.3. The van der Waals surface area contributed by atoms with Crippen molar-refractivity contribution in [1.82, 2.24) is 0 Å². The monoisotopic (exact) mass is 436 g/mol. The molecule has 0 aliphatic heterocycles. The fourth-order valence-corrected chi connectivity index (χ4v) is 8.08. The predicted molar refractivity (Wildman–Crippen MR) is 112 cm³/mol. The van der Waals surface area contributed by atoms with Gasteiger partial charge in [-0.3, -0.25) is 9.59 Å². The molecule has 0 aromatic rings. The second-order valence-electron chi connectivity index (χ2n) is 11.1. The van der Waals surface area contributed by atoms with Crippen LogP contribution in [0.15, 0.2) is 12.2 Å². The van der Waals surface area contributed by atoms with E-state index in [1.54, 1.807) is 0 Å². The molecule has 7 nitrogen and oxygen atoms in total. The summed E-state index contributed by atoms with van der Waals surface area (Å²) < 4.78 is 11.1. The highest BCUT2D eigenvalue weighted by Crippen LogP contribution is 2.73. The number of hydrogen-bond acceptors (Lipinski definition) is 7. The molecule has 1 spiro atoms. The van der Waals surface area contributed by atoms with E-state index in [2.05, 4.69) is 6.58 Å². The highest BCUT2D eigenvalue weighted by molar-refractivity contribution is 5.66. The third-order valence-electron chi connectivity index (χ3n) is 9.57. The van der Waals surface area contributed by atoms with Crippen LogP contribution in [0.2, 0.25) is 0 Å². The molecule has 3 N–H and O–H groups in total. The zero-order valence-corrected chi connectivity index (χ0v) is 19.0. The van der Waals surface area contributed by atoms with E-state index in [4.69, 9.17) is 9.47 Å². The van der Waals surface area contributed by atoms with Gasteiger partial charge in [0.2, 0.25) is 0 Å². The number of fused-ring (bicyclic) bond motifs is 3. The van der Waals surface area contributed by atoms with Crippen molar-refractivity contribution in [3.8, 4) is 0 Å². The fraction of sp³-hybridized carbons (Fsp3) is 0.833. The Kier molecular flexibility index (Phi) is 5.16. The van der Waals surface area contributed by atoms with Crippen molar-refractivity contribution in [3.63, 3.8) is 0 Å². The SMILES string of the molecule is C=C1CC23CC(O)C4(O)C(C)(COC(C)=O)CCC(O)C4(C)C2CC1CC3OC(C)=O. The Morgan fingerprint density at radius 1 is 1.13 bits per heavy atom. The molecule has 9 atom stereocenters. The minimum absolute atomic E-state index is 0.0264. The first-order valence-electron chi connectivity index (χ1n) is 11.4.